The van der Waals surface area contributed by atoms with E-state index in [1.807, 2.05) is 28.7 Å². The number of rotatable bonds is 0. The van der Waals surface area contributed by atoms with Crippen LogP contribution in [0.5, 0.6) is 0 Å². The lowest BCUT2D eigenvalue weighted by atomic mass is 10.2. The average molecular weight is 223 g/mol. The van der Waals surface area contributed by atoms with Crippen LogP contribution in [0.1, 0.15) is 0 Å². The van der Waals surface area contributed by atoms with Gasteiger partial charge in [0.05, 0.1) is 3.92 Å². The number of hydrogen-bond donors (Lipinski definition) is 0. The van der Waals surface area contributed by atoms with Gasteiger partial charge in [0.2, 0.25) is 0 Å². The minimum Gasteiger partial charge on any atom is -0.241 e. The monoisotopic (exact) mass is 223 g/mol. The number of allylic oxidation sites excluding steroid dienone is 4. The van der Waals surface area contributed by atoms with E-state index in [1.165, 1.54) is 6.08 Å². The fraction of sp³-hybridized carbons (Fsp3) is 0.167. The Labute approximate surface area is 61.6 Å². The van der Waals surface area contributed by atoms with Crippen molar-refractivity contribution in [1.29, 1.82) is 0 Å². The Bertz CT molecular complexity index is 112. The Balaban J connectivity index is 2.59. The summed E-state index contributed by atoms with van der Waals surface area (Å²) in [7, 11) is 0. The Kier molecular flexibility index (Phi) is 2.05. The first kappa shape index (κ1) is 6.26. The normalized spacial score (nSPS) is 29.0. The predicted octanol–water partition coefficient (Wildman–Crippen LogP) is 2.42. The second kappa shape index (κ2) is 2.62. The fourth-order valence-electron chi connectivity index (χ4n) is 0.493. The number of alkyl halides is 1. The maximum absolute atomic E-state index is 12.4. The third-order valence-electron chi connectivity index (χ3n) is 0.910. The lowest BCUT2D eigenvalue weighted by molar-refractivity contribution is 0.447. The van der Waals surface area contributed by atoms with Crippen LogP contribution in [0, 0.1) is 3.92 Å². The van der Waals surface area contributed by atoms with Crippen molar-refractivity contribution < 1.29 is 4.39 Å². The predicted molar refractivity (Wildman–Crippen MR) is 40.4 cm³/mol. The van der Waals surface area contributed by atoms with Gasteiger partial charge < -0.3 is 0 Å². The summed E-state index contributed by atoms with van der Waals surface area (Å²) in [6.07, 6.45) is 5.98. The largest absolute Gasteiger partial charge is 0.241 e. The van der Waals surface area contributed by atoms with Gasteiger partial charge in [-0.15, -0.1) is 0 Å². The Morgan fingerprint density at radius 1 is 1.50 bits per heavy atom. The van der Waals surface area contributed by atoms with Gasteiger partial charge in [0.25, 0.3) is 0 Å². The van der Waals surface area contributed by atoms with Crippen molar-refractivity contribution in [3.05, 3.63) is 28.2 Å². The summed E-state index contributed by atoms with van der Waals surface area (Å²) in [6, 6.07) is 0. The van der Waals surface area contributed by atoms with Crippen LogP contribution in [-0.2, 0) is 0 Å². The van der Waals surface area contributed by atoms with Crippen molar-refractivity contribution in [3.63, 3.8) is 0 Å². The van der Waals surface area contributed by atoms with E-state index < -0.39 is 6.17 Å². The molecule has 0 saturated carbocycles. The lowest BCUT2D eigenvalue weighted by Crippen LogP contribution is -2.02. The van der Waals surface area contributed by atoms with Gasteiger partial charge in [0, 0.05) is 0 Å². The van der Waals surface area contributed by atoms with E-state index >= 15 is 0 Å². The van der Waals surface area contributed by atoms with Gasteiger partial charge in [-0.25, -0.2) is 4.39 Å². The molecular weight excluding hydrogens is 218 g/mol. The maximum Gasteiger partial charge on any atom is 0.138 e. The van der Waals surface area contributed by atoms with Crippen molar-refractivity contribution in [2.45, 2.75) is 6.17 Å². The maximum atomic E-state index is 12.4. The molecule has 0 nitrogen and oxygen atoms in total. The van der Waals surface area contributed by atoms with E-state index in [0.29, 0.717) is 0 Å². The topological polar surface area (TPSA) is 0 Å². The van der Waals surface area contributed by atoms with Gasteiger partial charge in [-0.2, -0.15) is 0 Å². The third-order valence-corrected chi connectivity index (χ3v) is 1.86. The first-order chi connectivity index (χ1) is 3.80. The molecule has 0 fully saturated rings. The summed E-state index contributed by atoms with van der Waals surface area (Å²) in [4.78, 5) is 0. The minimum atomic E-state index is -0.861. The average Bonchev–Trinajstić information content (AvgIpc) is 1.77. The zero-order valence-corrected chi connectivity index (χ0v) is 6.30. The lowest BCUT2D eigenvalue weighted by Gasteiger charge is -2.07. The molecule has 0 heterocycles. The SMILES string of the molecule is FC1C=CC=C[C]1I. The highest BCUT2D eigenvalue weighted by atomic mass is 127. The summed E-state index contributed by atoms with van der Waals surface area (Å²) in [5.74, 6) is 0. The van der Waals surface area contributed by atoms with Crippen LogP contribution in [0.15, 0.2) is 24.3 Å². The first-order valence-electron chi connectivity index (χ1n) is 2.32. The summed E-state index contributed by atoms with van der Waals surface area (Å²) in [5.41, 5.74) is 0. The summed E-state index contributed by atoms with van der Waals surface area (Å²) in [6.45, 7) is 0. The van der Waals surface area contributed by atoms with Crippen LogP contribution in [0.25, 0.3) is 0 Å². The summed E-state index contributed by atoms with van der Waals surface area (Å²) in [5, 5.41) is 0. The van der Waals surface area contributed by atoms with Crippen LogP contribution in [0.2, 0.25) is 0 Å². The van der Waals surface area contributed by atoms with Gasteiger partial charge in [0.15, 0.2) is 0 Å². The molecule has 0 aromatic carbocycles. The first-order valence-corrected chi connectivity index (χ1v) is 3.40. The van der Waals surface area contributed by atoms with E-state index in [4.69, 9.17) is 0 Å². The smallest absolute Gasteiger partial charge is 0.138 e. The molecule has 1 atom stereocenters. The molecule has 0 aromatic heterocycles. The quantitative estimate of drug-likeness (QED) is 0.553. The highest BCUT2D eigenvalue weighted by Gasteiger charge is 2.13. The molecular formula is C6H5FI. The van der Waals surface area contributed by atoms with E-state index in [0.717, 1.165) is 3.92 Å². The summed E-state index contributed by atoms with van der Waals surface area (Å²) < 4.78 is 13.1. The molecule has 0 saturated heterocycles. The second-order valence-corrected chi connectivity index (χ2v) is 2.78. The Hall–Kier alpha value is 0.140. The third kappa shape index (κ3) is 1.31. The summed E-state index contributed by atoms with van der Waals surface area (Å²) >= 11 is 1.99. The highest BCUT2D eigenvalue weighted by Crippen LogP contribution is 2.24. The standard InChI is InChI=1S/C6H5FI/c7-5-3-1-2-4-6(5)8/h1-5H. The number of hydrogen-bond acceptors (Lipinski definition) is 0. The molecule has 43 valence electrons. The second-order valence-electron chi connectivity index (χ2n) is 1.53. The number of halogens is 2. The molecule has 0 bridgehead atoms. The van der Waals surface area contributed by atoms with E-state index in [2.05, 4.69) is 0 Å². The van der Waals surface area contributed by atoms with Gasteiger partial charge in [-0.1, -0.05) is 40.8 Å². The van der Waals surface area contributed by atoms with Crippen molar-refractivity contribution in [1.82, 2.24) is 0 Å². The molecule has 0 N–H and O–H groups in total. The molecule has 1 radical (unpaired) electrons. The molecule has 1 aliphatic rings. The Morgan fingerprint density at radius 3 is 2.62 bits per heavy atom. The van der Waals surface area contributed by atoms with Gasteiger partial charge in [-0.3, -0.25) is 0 Å². The molecule has 0 aliphatic heterocycles. The molecule has 8 heavy (non-hydrogen) atoms. The van der Waals surface area contributed by atoms with Crippen molar-refractivity contribution in [3.8, 4) is 0 Å². The molecule has 0 spiro atoms. The van der Waals surface area contributed by atoms with Gasteiger partial charge in [0.1, 0.15) is 6.17 Å². The van der Waals surface area contributed by atoms with E-state index in [-0.39, 0.29) is 0 Å². The molecule has 1 unspecified atom stereocenters. The van der Waals surface area contributed by atoms with Gasteiger partial charge >= 0.3 is 0 Å². The fourth-order valence-corrected chi connectivity index (χ4v) is 0.908. The van der Waals surface area contributed by atoms with Crippen LogP contribution >= 0.6 is 22.6 Å². The van der Waals surface area contributed by atoms with Gasteiger partial charge in [-0.05, 0) is 6.08 Å². The van der Waals surface area contributed by atoms with Crippen LogP contribution in [0.3, 0.4) is 0 Å². The van der Waals surface area contributed by atoms with Crippen molar-refractivity contribution >= 4 is 22.6 Å². The molecule has 1 aliphatic carbocycles. The Morgan fingerprint density at radius 2 is 2.25 bits per heavy atom. The zero-order chi connectivity index (χ0) is 5.98. The van der Waals surface area contributed by atoms with Crippen molar-refractivity contribution in [2.24, 2.45) is 0 Å². The van der Waals surface area contributed by atoms with Crippen LogP contribution < -0.4 is 0 Å². The molecule has 0 aromatic rings. The van der Waals surface area contributed by atoms with Crippen LogP contribution in [0.4, 0.5) is 4.39 Å². The van der Waals surface area contributed by atoms with E-state index in [1.54, 1.807) is 12.2 Å². The molecule has 0 amide bonds. The van der Waals surface area contributed by atoms with E-state index in [9.17, 15) is 4.39 Å². The molecule has 1 rings (SSSR count). The molecule has 2 heteroatoms. The van der Waals surface area contributed by atoms with Crippen LogP contribution in [-0.4, -0.2) is 6.17 Å². The van der Waals surface area contributed by atoms with Crippen molar-refractivity contribution in [2.75, 3.05) is 0 Å². The highest BCUT2D eigenvalue weighted by molar-refractivity contribution is 14.1. The zero-order valence-electron chi connectivity index (χ0n) is 4.14. The minimum absolute atomic E-state index is 0.755.